The van der Waals surface area contributed by atoms with Crippen LogP contribution in [0.5, 0.6) is 0 Å². The molecule has 1 aromatic carbocycles. The first-order valence-electron chi connectivity index (χ1n) is 5.89. The summed E-state index contributed by atoms with van der Waals surface area (Å²) in [6.07, 6.45) is 0. The molecule has 0 bridgehead atoms. The van der Waals surface area contributed by atoms with Crippen molar-refractivity contribution in [1.82, 2.24) is 9.59 Å². The molecule has 0 aliphatic carbocycles. The first-order chi connectivity index (χ1) is 8.61. The number of benzene rings is 1. The second-order valence-electron chi connectivity index (χ2n) is 4.44. The van der Waals surface area contributed by atoms with Gasteiger partial charge in [-0.3, -0.25) is 0 Å². The Bertz CT molecular complexity index is 536. The minimum atomic E-state index is 0.760. The molecule has 1 heterocycles. The summed E-state index contributed by atoms with van der Waals surface area (Å²) in [5.41, 5.74) is 4.79. The van der Waals surface area contributed by atoms with E-state index in [9.17, 15) is 0 Å². The molecule has 0 amide bonds. The third-order valence-corrected chi connectivity index (χ3v) is 3.72. The summed E-state index contributed by atoms with van der Waals surface area (Å²) < 4.78 is 3.98. The van der Waals surface area contributed by atoms with Gasteiger partial charge in [-0.05, 0) is 25.5 Å². The van der Waals surface area contributed by atoms with Crippen molar-refractivity contribution in [2.24, 2.45) is 0 Å². The summed E-state index contributed by atoms with van der Waals surface area (Å²) >= 11 is 1.39. The van der Waals surface area contributed by atoms with E-state index in [2.05, 4.69) is 58.9 Å². The van der Waals surface area contributed by atoms with E-state index in [1.54, 1.807) is 0 Å². The van der Waals surface area contributed by atoms with E-state index in [0.29, 0.717) is 0 Å². The van der Waals surface area contributed by atoms with Crippen LogP contribution in [0.1, 0.15) is 16.8 Å². The molecule has 0 aliphatic heterocycles. The third-order valence-electron chi connectivity index (χ3n) is 2.93. The Kier molecular flexibility index (Phi) is 3.81. The highest BCUT2D eigenvalue weighted by Gasteiger charge is 2.11. The molecule has 0 radical (unpaired) electrons. The second kappa shape index (κ2) is 5.35. The first kappa shape index (κ1) is 12.8. The zero-order chi connectivity index (χ0) is 13.1. The Labute approximate surface area is 112 Å². The highest BCUT2D eigenvalue weighted by atomic mass is 32.1. The van der Waals surface area contributed by atoms with Gasteiger partial charge in [0.05, 0.1) is 6.54 Å². The second-order valence-corrected chi connectivity index (χ2v) is 5.20. The zero-order valence-corrected chi connectivity index (χ0v) is 12.0. The fourth-order valence-electron chi connectivity index (χ4n) is 2.05. The maximum Gasteiger partial charge on any atom is 0.134 e. The Hall–Kier alpha value is -1.62. The molecule has 0 unspecified atom stereocenters. The van der Waals surface area contributed by atoms with Crippen molar-refractivity contribution in [2.75, 3.05) is 24.3 Å². The number of hydrogen-bond acceptors (Lipinski definition) is 5. The normalized spacial score (nSPS) is 10.4. The van der Waals surface area contributed by atoms with Crippen LogP contribution in [0.3, 0.4) is 0 Å². The van der Waals surface area contributed by atoms with E-state index >= 15 is 0 Å². The van der Waals surface area contributed by atoms with Crippen LogP contribution in [-0.4, -0.2) is 23.7 Å². The van der Waals surface area contributed by atoms with Gasteiger partial charge in [0.15, 0.2) is 0 Å². The van der Waals surface area contributed by atoms with E-state index in [0.717, 1.165) is 17.2 Å². The van der Waals surface area contributed by atoms with E-state index in [4.69, 9.17) is 0 Å². The Morgan fingerprint density at radius 2 is 2.11 bits per heavy atom. The average Bonchev–Trinajstić information content (AvgIpc) is 2.76. The van der Waals surface area contributed by atoms with Gasteiger partial charge in [-0.1, -0.05) is 22.2 Å². The SMILES string of the molecule is CNc1snnc1CN(C)c1ccc(C)cc1C. The van der Waals surface area contributed by atoms with Crippen LogP contribution in [0, 0.1) is 13.8 Å². The quantitative estimate of drug-likeness (QED) is 0.920. The fraction of sp³-hybridized carbons (Fsp3) is 0.385. The van der Waals surface area contributed by atoms with E-state index < -0.39 is 0 Å². The van der Waals surface area contributed by atoms with Crippen molar-refractivity contribution < 1.29 is 0 Å². The third kappa shape index (κ3) is 2.61. The molecule has 0 spiro atoms. The van der Waals surface area contributed by atoms with Crippen LogP contribution >= 0.6 is 11.5 Å². The average molecular weight is 262 g/mol. The number of hydrogen-bond donors (Lipinski definition) is 1. The lowest BCUT2D eigenvalue weighted by atomic mass is 10.1. The Morgan fingerprint density at radius 1 is 1.33 bits per heavy atom. The minimum Gasteiger partial charge on any atom is -0.377 e. The molecule has 0 atom stereocenters. The summed E-state index contributed by atoms with van der Waals surface area (Å²) in [5.74, 6) is 0. The van der Waals surface area contributed by atoms with Crippen molar-refractivity contribution in [1.29, 1.82) is 0 Å². The summed E-state index contributed by atoms with van der Waals surface area (Å²) in [6, 6.07) is 6.49. The molecule has 18 heavy (non-hydrogen) atoms. The predicted octanol–water partition coefficient (Wildman–Crippen LogP) is 2.83. The van der Waals surface area contributed by atoms with E-state index in [1.165, 1.54) is 28.3 Å². The monoisotopic (exact) mass is 262 g/mol. The van der Waals surface area contributed by atoms with Crippen molar-refractivity contribution in [3.8, 4) is 0 Å². The molecular formula is C13H18N4S. The summed E-state index contributed by atoms with van der Waals surface area (Å²) in [7, 11) is 3.98. The number of nitrogens with zero attached hydrogens (tertiary/aromatic N) is 3. The summed E-state index contributed by atoms with van der Waals surface area (Å²) in [4.78, 5) is 2.20. The van der Waals surface area contributed by atoms with Gasteiger partial charge < -0.3 is 10.2 Å². The van der Waals surface area contributed by atoms with Crippen molar-refractivity contribution in [3.05, 3.63) is 35.0 Å². The Morgan fingerprint density at radius 3 is 2.78 bits per heavy atom. The van der Waals surface area contributed by atoms with Crippen LogP contribution in [0.4, 0.5) is 10.7 Å². The lowest BCUT2D eigenvalue weighted by Gasteiger charge is -2.21. The molecule has 4 nitrogen and oxygen atoms in total. The number of anilines is 2. The molecule has 0 saturated heterocycles. The van der Waals surface area contributed by atoms with Gasteiger partial charge in [0.2, 0.25) is 0 Å². The van der Waals surface area contributed by atoms with Gasteiger partial charge >= 0.3 is 0 Å². The van der Waals surface area contributed by atoms with Gasteiger partial charge in [0.25, 0.3) is 0 Å². The van der Waals surface area contributed by atoms with Gasteiger partial charge in [0.1, 0.15) is 10.7 Å². The van der Waals surface area contributed by atoms with Crippen LogP contribution in [-0.2, 0) is 6.54 Å². The minimum absolute atomic E-state index is 0.760. The standard InChI is InChI=1S/C13H18N4S/c1-9-5-6-12(10(2)7-9)17(4)8-11-13(14-3)18-16-15-11/h5-7,14H,8H2,1-4H3. The molecule has 0 aliphatic rings. The number of nitrogens with one attached hydrogen (secondary N) is 1. The van der Waals surface area contributed by atoms with Crippen LogP contribution in [0.15, 0.2) is 18.2 Å². The van der Waals surface area contributed by atoms with Crippen molar-refractivity contribution >= 4 is 22.2 Å². The van der Waals surface area contributed by atoms with Crippen LogP contribution < -0.4 is 10.2 Å². The first-order valence-corrected chi connectivity index (χ1v) is 6.66. The van der Waals surface area contributed by atoms with E-state index in [-0.39, 0.29) is 0 Å². The Balaban J connectivity index is 2.19. The maximum atomic E-state index is 4.16. The molecule has 1 N–H and O–H groups in total. The maximum absolute atomic E-state index is 4.16. The van der Waals surface area contributed by atoms with E-state index in [1.807, 2.05) is 7.05 Å². The molecule has 0 saturated carbocycles. The zero-order valence-electron chi connectivity index (χ0n) is 11.2. The van der Waals surface area contributed by atoms with Gasteiger partial charge in [-0.15, -0.1) is 5.10 Å². The number of aromatic nitrogens is 2. The molecule has 96 valence electrons. The molecule has 2 rings (SSSR count). The number of aryl methyl sites for hydroxylation is 2. The molecule has 1 aromatic heterocycles. The highest BCUT2D eigenvalue weighted by molar-refractivity contribution is 7.10. The van der Waals surface area contributed by atoms with Gasteiger partial charge in [-0.25, -0.2) is 0 Å². The molecule has 5 heteroatoms. The van der Waals surface area contributed by atoms with Gasteiger partial charge in [-0.2, -0.15) is 0 Å². The highest BCUT2D eigenvalue weighted by Crippen LogP contribution is 2.24. The van der Waals surface area contributed by atoms with Crippen molar-refractivity contribution in [2.45, 2.75) is 20.4 Å². The molecule has 2 aromatic rings. The summed E-state index contributed by atoms with van der Waals surface area (Å²) in [5, 5.41) is 8.32. The summed E-state index contributed by atoms with van der Waals surface area (Å²) in [6.45, 7) is 5.01. The van der Waals surface area contributed by atoms with Crippen LogP contribution in [0.2, 0.25) is 0 Å². The smallest absolute Gasteiger partial charge is 0.134 e. The fourth-order valence-corrected chi connectivity index (χ4v) is 2.57. The van der Waals surface area contributed by atoms with Crippen molar-refractivity contribution in [3.63, 3.8) is 0 Å². The topological polar surface area (TPSA) is 41.1 Å². The van der Waals surface area contributed by atoms with Crippen LogP contribution in [0.25, 0.3) is 0 Å². The molecular weight excluding hydrogens is 244 g/mol. The van der Waals surface area contributed by atoms with Gasteiger partial charge in [0, 0.05) is 31.3 Å². The lowest BCUT2D eigenvalue weighted by Crippen LogP contribution is -2.18. The largest absolute Gasteiger partial charge is 0.377 e. The molecule has 0 fully saturated rings. The number of rotatable bonds is 4. The predicted molar refractivity (Wildman–Crippen MR) is 77.5 cm³/mol. The lowest BCUT2D eigenvalue weighted by molar-refractivity contribution is 0.869.